The van der Waals surface area contributed by atoms with Crippen LogP contribution in [0, 0.1) is 0 Å². The van der Waals surface area contributed by atoms with E-state index >= 15 is 0 Å². The Labute approximate surface area is 118 Å². The summed E-state index contributed by atoms with van der Waals surface area (Å²) in [5.74, 6) is -0.161. The van der Waals surface area contributed by atoms with Crippen molar-refractivity contribution >= 4 is 37.6 Å². The number of halogens is 1. The molecule has 4 nitrogen and oxygen atoms in total. The van der Waals surface area contributed by atoms with E-state index in [4.69, 9.17) is 0 Å². The number of hydrogen-bond acceptors (Lipinski definition) is 5. The van der Waals surface area contributed by atoms with E-state index in [9.17, 15) is 8.42 Å². The monoisotopic (exact) mass is 347 g/mol. The standard InChI is InChI=1S/C11H10BrNO3S2/c1-16-18(14,15)7-9-6-17-13-11(9)8-2-4-10(12)5-3-8/h2-6H,7H2,1H3. The third-order valence-electron chi connectivity index (χ3n) is 2.35. The van der Waals surface area contributed by atoms with Crippen molar-refractivity contribution in [2.75, 3.05) is 7.11 Å². The Morgan fingerprint density at radius 1 is 1.33 bits per heavy atom. The molecule has 2 rings (SSSR count). The SMILES string of the molecule is COS(=O)(=O)Cc1csnc1-c1ccc(Br)cc1. The molecule has 1 aromatic carbocycles. The number of hydrogen-bond donors (Lipinski definition) is 0. The first-order chi connectivity index (χ1) is 8.52. The first-order valence-electron chi connectivity index (χ1n) is 4.99. The Bertz CT molecular complexity index is 635. The van der Waals surface area contributed by atoms with Gasteiger partial charge >= 0.3 is 0 Å². The van der Waals surface area contributed by atoms with Crippen molar-refractivity contribution < 1.29 is 12.6 Å². The minimum Gasteiger partial charge on any atom is -0.273 e. The molecule has 0 fully saturated rings. The zero-order chi connectivity index (χ0) is 13.2. The second-order valence-corrected chi connectivity index (χ2v) is 6.85. The number of rotatable bonds is 4. The maximum Gasteiger partial charge on any atom is 0.271 e. The summed E-state index contributed by atoms with van der Waals surface area (Å²) < 4.78 is 32.6. The summed E-state index contributed by atoms with van der Waals surface area (Å²) in [7, 11) is -2.36. The van der Waals surface area contributed by atoms with E-state index in [0.717, 1.165) is 17.1 Å². The van der Waals surface area contributed by atoms with Gasteiger partial charge in [-0.2, -0.15) is 12.8 Å². The fraction of sp³-hybridized carbons (Fsp3) is 0.182. The first-order valence-corrected chi connectivity index (χ1v) is 8.20. The van der Waals surface area contributed by atoms with Crippen molar-refractivity contribution in [1.29, 1.82) is 0 Å². The van der Waals surface area contributed by atoms with Crippen LogP contribution in [-0.4, -0.2) is 19.9 Å². The molecule has 0 radical (unpaired) electrons. The topological polar surface area (TPSA) is 56.3 Å². The maximum atomic E-state index is 11.5. The summed E-state index contributed by atoms with van der Waals surface area (Å²) in [6, 6.07) is 7.57. The van der Waals surface area contributed by atoms with E-state index in [2.05, 4.69) is 24.5 Å². The highest BCUT2D eigenvalue weighted by Gasteiger charge is 2.16. The Morgan fingerprint density at radius 3 is 2.61 bits per heavy atom. The molecule has 0 amide bonds. The van der Waals surface area contributed by atoms with Gasteiger partial charge in [-0.1, -0.05) is 28.1 Å². The number of benzene rings is 1. The molecule has 0 aliphatic rings. The Hall–Kier alpha value is -0.760. The maximum absolute atomic E-state index is 11.5. The molecule has 7 heteroatoms. The summed E-state index contributed by atoms with van der Waals surface area (Å²) in [6.45, 7) is 0. The van der Waals surface area contributed by atoms with Crippen LogP contribution in [0.3, 0.4) is 0 Å². The van der Waals surface area contributed by atoms with Gasteiger partial charge in [-0.15, -0.1) is 0 Å². The molecule has 0 N–H and O–H groups in total. The lowest BCUT2D eigenvalue weighted by Gasteiger charge is -2.03. The molecule has 0 bridgehead atoms. The summed E-state index contributed by atoms with van der Waals surface area (Å²) in [4.78, 5) is 0. The normalized spacial score (nSPS) is 11.7. The quantitative estimate of drug-likeness (QED) is 0.797. The predicted molar refractivity (Wildman–Crippen MR) is 74.9 cm³/mol. The zero-order valence-electron chi connectivity index (χ0n) is 9.46. The average Bonchev–Trinajstić information content (AvgIpc) is 2.77. The molecule has 0 atom stereocenters. The molecule has 0 unspecified atom stereocenters. The van der Waals surface area contributed by atoms with Gasteiger partial charge in [-0.25, -0.2) is 0 Å². The lowest BCUT2D eigenvalue weighted by atomic mass is 10.1. The Balaban J connectivity index is 2.36. The van der Waals surface area contributed by atoms with Crippen LogP contribution in [0.2, 0.25) is 0 Å². The minimum absolute atomic E-state index is 0.161. The van der Waals surface area contributed by atoms with Crippen molar-refractivity contribution in [2.45, 2.75) is 5.75 Å². The molecule has 1 aromatic heterocycles. The van der Waals surface area contributed by atoms with Gasteiger partial charge in [0.1, 0.15) is 5.75 Å². The summed E-state index contributed by atoms with van der Waals surface area (Å²) in [6.07, 6.45) is 0. The molecule has 96 valence electrons. The third-order valence-corrected chi connectivity index (χ3v) is 4.73. The molecule has 0 spiro atoms. The summed E-state index contributed by atoms with van der Waals surface area (Å²) in [5.41, 5.74) is 2.23. The van der Waals surface area contributed by atoms with Crippen molar-refractivity contribution in [3.63, 3.8) is 0 Å². The van der Waals surface area contributed by atoms with Crippen LogP contribution < -0.4 is 0 Å². The highest BCUT2D eigenvalue weighted by molar-refractivity contribution is 9.10. The van der Waals surface area contributed by atoms with Crippen molar-refractivity contribution in [2.24, 2.45) is 0 Å². The van der Waals surface area contributed by atoms with Crippen LogP contribution in [0.1, 0.15) is 5.56 Å². The highest BCUT2D eigenvalue weighted by atomic mass is 79.9. The molecule has 18 heavy (non-hydrogen) atoms. The fourth-order valence-electron chi connectivity index (χ4n) is 1.45. The lowest BCUT2D eigenvalue weighted by Crippen LogP contribution is -2.05. The average molecular weight is 348 g/mol. The van der Waals surface area contributed by atoms with Crippen LogP contribution in [0.4, 0.5) is 0 Å². The molecule has 1 heterocycles. The van der Waals surface area contributed by atoms with Gasteiger partial charge in [-0.05, 0) is 23.7 Å². The van der Waals surface area contributed by atoms with E-state index in [1.54, 1.807) is 5.38 Å². The predicted octanol–water partition coefficient (Wildman–Crippen LogP) is 3.05. The molecule has 0 aliphatic carbocycles. The van der Waals surface area contributed by atoms with Gasteiger partial charge in [0.05, 0.1) is 12.8 Å². The lowest BCUT2D eigenvalue weighted by molar-refractivity contribution is 0.397. The van der Waals surface area contributed by atoms with Gasteiger partial charge in [0, 0.05) is 21.0 Å². The van der Waals surface area contributed by atoms with E-state index in [-0.39, 0.29) is 5.75 Å². The summed E-state index contributed by atoms with van der Waals surface area (Å²) in [5, 5.41) is 1.73. The van der Waals surface area contributed by atoms with E-state index in [1.165, 1.54) is 11.5 Å². The van der Waals surface area contributed by atoms with Gasteiger partial charge < -0.3 is 0 Å². The number of nitrogens with zero attached hydrogens (tertiary/aromatic N) is 1. The minimum atomic E-state index is -3.52. The van der Waals surface area contributed by atoms with Crippen LogP contribution in [0.15, 0.2) is 34.1 Å². The zero-order valence-corrected chi connectivity index (χ0v) is 12.7. The second kappa shape index (κ2) is 5.48. The van der Waals surface area contributed by atoms with Crippen molar-refractivity contribution in [1.82, 2.24) is 4.37 Å². The van der Waals surface area contributed by atoms with E-state index in [0.29, 0.717) is 11.3 Å². The molecular weight excluding hydrogens is 338 g/mol. The van der Waals surface area contributed by atoms with Gasteiger partial charge in [0.25, 0.3) is 10.1 Å². The molecule has 2 aromatic rings. The van der Waals surface area contributed by atoms with Crippen LogP contribution in [-0.2, 0) is 20.1 Å². The van der Waals surface area contributed by atoms with Gasteiger partial charge in [0.15, 0.2) is 0 Å². The molecule has 0 saturated carbocycles. The van der Waals surface area contributed by atoms with Gasteiger partial charge in [-0.3, -0.25) is 4.18 Å². The van der Waals surface area contributed by atoms with Gasteiger partial charge in [0.2, 0.25) is 0 Å². The largest absolute Gasteiger partial charge is 0.273 e. The van der Waals surface area contributed by atoms with Crippen molar-refractivity contribution in [3.05, 3.63) is 39.7 Å². The fourth-order valence-corrected chi connectivity index (χ4v) is 3.25. The molecule has 0 aliphatic heterocycles. The Morgan fingerprint density at radius 2 is 2.00 bits per heavy atom. The van der Waals surface area contributed by atoms with E-state index in [1.807, 2.05) is 24.3 Å². The van der Waals surface area contributed by atoms with Crippen molar-refractivity contribution in [3.8, 4) is 11.3 Å². The highest BCUT2D eigenvalue weighted by Crippen LogP contribution is 2.27. The van der Waals surface area contributed by atoms with Crippen LogP contribution in [0.25, 0.3) is 11.3 Å². The second-order valence-electron chi connectivity index (χ2n) is 3.56. The smallest absolute Gasteiger partial charge is 0.271 e. The van der Waals surface area contributed by atoms with Crippen LogP contribution >= 0.6 is 27.5 Å². The molecular formula is C11H10BrNO3S2. The molecule has 0 saturated heterocycles. The number of aromatic nitrogens is 1. The first kappa shape index (κ1) is 13.7. The summed E-state index contributed by atoms with van der Waals surface area (Å²) >= 11 is 4.59. The third kappa shape index (κ3) is 3.17. The van der Waals surface area contributed by atoms with Crippen LogP contribution in [0.5, 0.6) is 0 Å². The Kier molecular flexibility index (Phi) is 4.16. The van der Waals surface area contributed by atoms with E-state index < -0.39 is 10.1 Å².